The summed E-state index contributed by atoms with van der Waals surface area (Å²) in [5.41, 5.74) is 1.81. The summed E-state index contributed by atoms with van der Waals surface area (Å²) < 4.78 is 7.11. The molecule has 0 fully saturated rings. The highest BCUT2D eigenvalue weighted by atomic mass is 35.5. The fourth-order valence-corrected chi connectivity index (χ4v) is 3.24. The molecule has 0 aliphatic rings. The van der Waals surface area contributed by atoms with Crippen LogP contribution in [-0.4, -0.2) is 32.6 Å². The van der Waals surface area contributed by atoms with Crippen molar-refractivity contribution in [1.29, 1.82) is 0 Å². The molecule has 0 bridgehead atoms. The number of benzene rings is 2. The second-order valence-electron chi connectivity index (χ2n) is 5.81. The van der Waals surface area contributed by atoms with E-state index in [0.717, 1.165) is 11.3 Å². The topological polar surface area (TPSA) is 57.0 Å². The molecule has 0 saturated carbocycles. The average molecular weight is 388 g/mol. The van der Waals surface area contributed by atoms with Crippen LogP contribution in [0.2, 0.25) is 5.02 Å². The monoisotopic (exact) mass is 387 g/mol. The van der Waals surface area contributed by atoms with Crippen LogP contribution in [0.1, 0.15) is 13.8 Å². The number of carbonyl (C=O) groups is 1. The number of ether oxygens (including phenoxy) is 1. The number of halogens is 1. The summed E-state index contributed by atoms with van der Waals surface area (Å²) in [7, 11) is 0. The summed E-state index contributed by atoms with van der Waals surface area (Å²) in [5, 5.41) is 9.88. The van der Waals surface area contributed by atoms with E-state index in [9.17, 15) is 4.79 Å². The van der Waals surface area contributed by atoms with Gasteiger partial charge in [0.15, 0.2) is 11.0 Å². The molecule has 3 aromatic rings. The summed E-state index contributed by atoms with van der Waals surface area (Å²) in [4.78, 5) is 11.9. The van der Waals surface area contributed by atoms with E-state index < -0.39 is 0 Å². The minimum Gasteiger partial charge on any atom is -0.462 e. The number of carbonyl (C=O) groups excluding carboxylic acids is 1. The molecule has 3 rings (SSSR count). The predicted molar refractivity (Wildman–Crippen MR) is 104 cm³/mol. The van der Waals surface area contributed by atoms with Crippen LogP contribution in [0.4, 0.5) is 0 Å². The average Bonchev–Trinajstić information content (AvgIpc) is 3.05. The van der Waals surface area contributed by atoms with Crippen LogP contribution < -0.4 is 0 Å². The lowest BCUT2D eigenvalue weighted by atomic mass is 10.2. The molecule has 0 radical (unpaired) electrons. The number of hydrogen-bond acceptors (Lipinski definition) is 5. The highest BCUT2D eigenvalue weighted by Gasteiger charge is 2.17. The van der Waals surface area contributed by atoms with E-state index in [1.54, 1.807) is 0 Å². The quantitative estimate of drug-likeness (QED) is 0.456. The normalized spacial score (nSPS) is 10.9. The van der Waals surface area contributed by atoms with Crippen molar-refractivity contribution in [3.05, 3.63) is 59.6 Å². The predicted octanol–water partition coefficient (Wildman–Crippen LogP) is 4.63. The number of rotatable bonds is 6. The lowest BCUT2D eigenvalue weighted by Crippen LogP contribution is -2.13. The van der Waals surface area contributed by atoms with Crippen LogP contribution in [0.3, 0.4) is 0 Å². The molecule has 134 valence electrons. The standard InChI is InChI=1S/C19H18ClN3O2S/c1-13(2)25-17(24)12-26-19-22-21-18(14-6-4-3-5-7-14)23(19)16-10-8-15(20)9-11-16/h3-11,13H,12H2,1-2H3. The lowest BCUT2D eigenvalue weighted by Gasteiger charge is -2.11. The summed E-state index contributed by atoms with van der Waals surface area (Å²) in [5.74, 6) is 0.586. The van der Waals surface area contributed by atoms with Crippen molar-refractivity contribution in [1.82, 2.24) is 14.8 Å². The fourth-order valence-electron chi connectivity index (χ4n) is 2.38. The third kappa shape index (κ3) is 4.45. The smallest absolute Gasteiger partial charge is 0.316 e. The number of thioether (sulfide) groups is 1. The van der Waals surface area contributed by atoms with Gasteiger partial charge in [-0.2, -0.15) is 0 Å². The zero-order valence-electron chi connectivity index (χ0n) is 14.4. The third-order valence-corrected chi connectivity index (χ3v) is 4.59. The highest BCUT2D eigenvalue weighted by Crippen LogP contribution is 2.28. The summed E-state index contributed by atoms with van der Waals surface area (Å²) in [6.45, 7) is 3.65. The number of hydrogen-bond donors (Lipinski definition) is 0. The van der Waals surface area contributed by atoms with E-state index >= 15 is 0 Å². The van der Waals surface area contributed by atoms with Gasteiger partial charge in [-0.05, 0) is 38.1 Å². The van der Waals surface area contributed by atoms with Crippen molar-refractivity contribution in [3.8, 4) is 17.1 Å². The molecular formula is C19H18ClN3O2S. The Balaban J connectivity index is 1.95. The summed E-state index contributed by atoms with van der Waals surface area (Å²) >= 11 is 7.31. The van der Waals surface area contributed by atoms with E-state index in [4.69, 9.17) is 16.3 Å². The zero-order chi connectivity index (χ0) is 18.5. The van der Waals surface area contributed by atoms with E-state index in [2.05, 4.69) is 10.2 Å². The lowest BCUT2D eigenvalue weighted by molar-refractivity contribution is -0.144. The first kappa shape index (κ1) is 18.5. The molecular weight excluding hydrogens is 370 g/mol. The number of esters is 1. The van der Waals surface area contributed by atoms with Crippen LogP contribution in [0.25, 0.3) is 17.1 Å². The Kier molecular flexibility index (Phi) is 5.96. The molecule has 0 amide bonds. The maximum atomic E-state index is 11.9. The zero-order valence-corrected chi connectivity index (χ0v) is 16.0. The second kappa shape index (κ2) is 8.38. The van der Waals surface area contributed by atoms with E-state index in [-0.39, 0.29) is 17.8 Å². The van der Waals surface area contributed by atoms with Crippen molar-refractivity contribution in [2.24, 2.45) is 0 Å². The molecule has 0 aliphatic heterocycles. The summed E-state index contributed by atoms with van der Waals surface area (Å²) in [6, 6.07) is 17.2. The second-order valence-corrected chi connectivity index (χ2v) is 7.19. The first-order valence-corrected chi connectivity index (χ1v) is 9.50. The van der Waals surface area contributed by atoms with E-state index in [0.29, 0.717) is 16.0 Å². The van der Waals surface area contributed by atoms with Gasteiger partial charge in [-0.25, -0.2) is 0 Å². The molecule has 0 unspecified atom stereocenters. The molecule has 0 N–H and O–H groups in total. The van der Waals surface area contributed by atoms with Crippen LogP contribution in [0.15, 0.2) is 59.8 Å². The van der Waals surface area contributed by atoms with Gasteiger partial charge in [-0.3, -0.25) is 9.36 Å². The Morgan fingerprint density at radius 1 is 1.12 bits per heavy atom. The fraction of sp³-hybridized carbons (Fsp3) is 0.211. The third-order valence-electron chi connectivity index (χ3n) is 3.44. The SMILES string of the molecule is CC(C)OC(=O)CSc1nnc(-c2ccccc2)n1-c1ccc(Cl)cc1. The first-order valence-electron chi connectivity index (χ1n) is 8.13. The highest BCUT2D eigenvalue weighted by molar-refractivity contribution is 7.99. The van der Waals surface area contributed by atoms with Crippen molar-refractivity contribution in [2.45, 2.75) is 25.1 Å². The first-order chi connectivity index (χ1) is 12.5. The van der Waals surface area contributed by atoms with Gasteiger partial charge in [0.25, 0.3) is 0 Å². The van der Waals surface area contributed by atoms with Gasteiger partial charge >= 0.3 is 5.97 Å². The van der Waals surface area contributed by atoms with Crippen molar-refractivity contribution in [2.75, 3.05) is 5.75 Å². The van der Waals surface area contributed by atoms with Gasteiger partial charge in [-0.1, -0.05) is 53.7 Å². The van der Waals surface area contributed by atoms with Crippen molar-refractivity contribution >= 4 is 29.3 Å². The number of nitrogens with zero attached hydrogens (tertiary/aromatic N) is 3. The van der Waals surface area contributed by atoms with Gasteiger partial charge < -0.3 is 4.74 Å². The molecule has 0 spiro atoms. The van der Waals surface area contributed by atoms with Crippen LogP contribution >= 0.6 is 23.4 Å². The molecule has 0 saturated heterocycles. The Bertz CT molecular complexity index is 880. The van der Waals surface area contributed by atoms with Gasteiger partial charge in [-0.15, -0.1) is 10.2 Å². The maximum absolute atomic E-state index is 11.9. The van der Waals surface area contributed by atoms with Crippen molar-refractivity contribution < 1.29 is 9.53 Å². The van der Waals surface area contributed by atoms with Crippen molar-refractivity contribution in [3.63, 3.8) is 0 Å². The van der Waals surface area contributed by atoms with Crippen LogP contribution in [0, 0.1) is 0 Å². The Morgan fingerprint density at radius 3 is 2.46 bits per heavy atom. The Morgan fingerprint density at radius 2 is 1.81 bits per heavy atom. The van der Waals surface area contributed by atoms with Gasteiger partial charge in [0.1, 0.15) is 0 Å². The van der Waals surface area contributed by atoms with Crippen LogP contribution in [-0.2, 0) is 9.53 Å². The molecule has 0 aliphatic carbocycles. The van der Waals surface area contributed by atoms with Gasteiger partial charge in [0, 0.05) is 16.3 Å². The molecule has 26 heavy (non-hydrogen) atoms. The van der Waals surface area contributed by atoms with E-state index in [1.165, 1.54) is 11.8 Å². The Labute approximate surface area is 161 Å². The van der Waals surface area contributed by atoms with Gasteiger partial charge in [0.2, 0.25) is 0 Å². The largest absolute Gasteiger partial charge is 0.462 e. The van der Waals surface area contributed by atoms with Gasteiger partial charge in [0.05, 0.1) is 11.9 Å². The molecule has 2 aromatic carbocycles. The molecule has 1 aromatic heterocycles. The maximum Gasteiger partial charge on any atom is 0.316 e. The molecule has 7 heteroatoms. The number of aromatic nitrogens is 3. The van der Waals surface area contributed by atoms with E-state index in [1.807, 2.05) is 73.0 Å². The minimum atomic E-state index is -0.281. The summed E-state index contributed by atoms with van der Waals surface area (Å²) in [6.07, 6.45) is -0.142. The molecule has 1 heterocycles. The minimum absolute atomic E-state index is 0.142. The molecule has 5 nitrogen and oxygen atoms in total. The molecule has 0 atom stereocenters. The van der Waals surface area contributed by atoms with Crippen LogP contribution in [0.5, 0.6) is 0 Å². The Hall–Kier alpha value is -2.31.